The number of hydrazone groups is 1. The van der Waals surface area contributed by atoms with Crippen LogP contribution in [-0.2, 0) is 16.6 Å². The Morgan fingerprint density at radius 1 is 1.28 bits per heavy atom. The van der Waals surface area contributed by atoms with Gasteiger partial charge in [0.2, 0.25) is 21.4 Å². The highest BCUT2D eigenvalue weighted by atomic mass is 32.2. The molecule has 0 saturated carbocycles. The lowest BCUT2D eigenvalue weighted by Gasteiger charge is -2.13. The fourth-order valence-electron chi connectivity index (χ4n) is 2.31. The van der Waals surface area contributed by atoms with Gasteiger partial charge >= 0.3 is 0 Å². The molecule has 0 spiro atoms. The maximum Gasteiger partial charge on any atom is 0.251 e. The summed E-state index contributed by atoms with van der Waals surface area (Å²) in [6.07, 6.45) is 3.35. The molecule has 0 amide bonds. The van der Waals surface area contributed by atoms with Gasteiger partial charge in [0.05, 0.1) is 13.1 Å². The Hall–Kier alpha value is -2.86. The van der Waals surface area contributed by atoms with Gasteiger partial charge in [-0.1, -0.05) is 0 Å². The van der Waals surface area contributed by atoms with Gasteiger partial charge < -0.3 is 10.3 Å². The van der Waals surface area contributed by atoms with E-state index in [-0.39, 0.29) is 12.5 Å². The van der Waals surface area contributed by atoms with Crippen LogP contribution in [0.2, 0.25) is 0 Å². The van der Waals surface area contributed by atoms with Crippen LogP contribution < -0.4 is 21.3 Å². The van der Waals surface area contributed by atoms with Crippen LogP contribution in [-0.4, -0.2) is 40.2 Å². The fraction of sp³-hybridized carbons (Fsp3) is 0.308. The number of aromatic nitrogens is 4. The van der Waals surface area contributed by atoms with E-state index in [1.54, 1.807) is 5.01 Å². The summed E-state index contributed by atoms with van der Waals surface area (Å²) < 4.78 is 24.3. The molecule has 2 aromatic rings. The Morgan fingerprint density at radius 3 is 2.68 bits per heavy atom. The molecule has 0 atom stereocenters. The molecule has 0 bridgehead atoms. The van der Waals surface area contributed by atoms with Crippen LogP contribution >= 0.6 is 0 Å². The van der Waals surface area contributed by atoms with E-state index in [0.29, 0.717) is 18.3 Å². The molecule has 3 heterocycles. The summed E-state index contributed by atoms with van der Waals surface area (Å²) in [5, 5.41) is 11.0. The second-order valence-corrected chi connectivity index (χ2v) is 7.04. The average Bonchev–Trinajstić information content (AvgIpc) is 2.94. The number of rotatable bonds is 4. The van der Waals surface area contributed by atoms with E-state index in [9.17, 15) is 13.2 Å². The van der Waals surface area contributed by atoms with E-state index in [0.717, 1.165) is 24.4 Å². The standard InChI is InChI=1S/C13H16N8O3S/c1-8-2-5-21(19-8)13-17-11(16-12(14)18-13)7-20-4-3-9(22)10(6-20)25(15,23)24/h3-4,6H,2,5,7H2,1H3,(H2,15,23,24)(H2,14,16,17,18). The molecule has 0 fully saturated rings. The molecular formula is C13H16N8O3S. The third-order valence-electron chi connectivity index (χ3n) is 3.47. The van der Waals surface area contributed by atoms with Crippen LogP contribution in [0.5, 0.6) is 0 Å². The number of primary sulfonamides is 1. The van der Waals surface area contributed by atoms with Crippen molar-refractivity contribution in [2.45, 2.75) is 24.8 Å². The molecule has 0 aromatic carbocycles. The van der Waals surface area contributed by atoms with Crippen LogP contribution in [0.3, 0.4) is 0 Å². The third-order valence-corrected chi connectivity index (χ3v) is 4.39. The maximum atomic E-state index is 11.6. The molecule has 0 unspecified atom stereocenters. The molecule has 0 saturated heterocycles. The van der Waals surface area contributed by atoms with E-state index < -0.39 is 20.3 Å². The van der Waals surface area contributed by atoms with Crippen molar-refractivity contribution in [3.05, 3.63) is 34.5 Å². The Morgan fingerprint density at radius 2 is 2.04 bits per heavy atom. The molecule has 0 radical (unpaired) electrons. The second kappa shape index (κ2) is 6.22. The van der Waals surface area contributed by atoms with E-state index in [4.69, 9.17) is 10.9 Å². The predicted octanol–water partition coefficient (Wildman–Crippen LogP) is -1.10. The summed E-state index contributed by atoms with van der Waals surface area (Å²) in [6.45, 7) is 2.63. The summed E-state index contributed by atoms with van der Waals surface area (Å²) in [7, 11) is -4.12. The molecule has 1 aliphatic rings. The van der Waals surface area contributed by atoms with Crippen molar-refractivity contribution in [3.8, 4) is 0 Å². The molecule has 25 heavy (non-hydrogen) atoms. The van der Waals surface area contributed by atoms with E-state index in [2.05, 4.69) is 20.1 Å². The van der Waals surface area contributed by atoms with Crippen molar-refractivity contribution >= 4 is 27.6 Å². The van der Waals surface area contributed by atoms with Gasteiger partial charge in [-0.15, -0.1) is 0 Å². The maximum absolute atomic E-state index is 11.6. The Balaban J connectivity index is 1.94. The van der Waals surface area contributed by atoms with Crippen molar-refractivity contribution in [1.29, 1.82) is 0 Å². The van der Waals surface area contributed by atoms with Crippen molar-refractivity contribution in [3.63, 3.8) is 0 Å². The molecular weight excluding hydrogens is 348 g/mol. The monoisotopic (exact) mass is 364 g/mol. The first kappa shape index (κ1) is 17.0. The van der Waals surface area contributed by atoms with Crippen LogP contribution in [0.1, 0.15) is 19.2 Å². The van der Waals surface area contributed by atoms with Crippen molar-refractivity contribution < 1.29 is 8.42 Å². The Kier molecular flexibility index (Phi) is 4.22. The average molecular weight is 364 g/mol. The number of anilines is 2. The first-order chi connectivity index (χ1) is 11.7. The number of nitrogens with zero attached hydrogens (tertiary/aromatic N) is 6. The van der Waals surface area contributed by atoms with Crippen LogP contribution in [0.15, 0.2) is 33.3 Å². The quantitative estimate of drug-likeness (QED) is 0.690. The molecule has 2 aromatic heterocycles. The molecule has 1 aliphatic heterocycles. The molecule has 12 heteroatoms. The highest BCUT2D eigenvalue weighted by Gasteiger charge is 2.18. The second-order valence-electron chi connectivity index (χ2n) is 5.51. The lowest BCUT2D eigenvalue weighted by molar-refractivity contribution is 0.594. The lowest BCUT2D eigenvalue weighted by Crippen LogP contribution is -2.23. The predicted molar refractivity (Wildman–Crippen MR) is 90.5 cm³/mol. The highest BCUT2D eigenvalue weighted by molar-refractivity contribution is 7.89. The van der Waals surface area contributed by atoms with E-state index in [1.807, 2.05) is 6.92 Å². The molecule has 4 N–H and O–H groups in total. The van der Waals surface area contributed by atoms with Gasteiger partial charge in [-0.3, -0.25) is 4.79 Å². The first-order valence-corrected chi connectivity index (χ1v) is 8.82. The van der Waals surface area contributed by atoms with Crippen molar-refractivity contribution in [1.82, 2.24) is 19.5 Å². The first-order valence-electron chi connectivity index (χ1n) is 7.27. The van der Waals surface area contributed by atoms with Crippen LogP contribution in [0.4, 0.5) is 11.9 Å². The largest absolute Gasteiger partial charge is 0.368 e. The number of sulfonamides is 1. The zero-order valence-corrected chi connectivity index (χ0v) is 14.1. The number of pyridine rings is 1. The SMILES string of the molecule is CC1=NN(c2nc(N)nc(Cn3ccc(=O)c(S(N)(=O)=O)c3)n2)CC1. The van der Waals surface area contributed by atoms with Gasteiger partial charge in [-0.2, -0.15) is 20.1 Å². The third kappa shape index (κ3) is 3.80. The summed E-state index contributed by atoms with van der Waals surface area (Å²) >= 11 is 0. The van der Waals surface area contributed by atoms with Gasteiger partial charge in [0.15, 0.2) is 5.82 Å². The van der Waals surface area contributed by atoms with Gasteiger partial charge in [0, 0.05) is 30.6 Å². The van der Waals surface area contributed by atoms with E-state index >= 15 is 0 Å². The summed E-state index contributed by atoms with van der Waals surface area (Å²) in [5.41, 5.74) is 6.00. The summed E-state index contributed by atoms with van der Waals surface area (Å²) in [4.78, 5) is 23.5. The smallest absolute Gasteiger partial charge is 0.251 e. The van der Waals surface area contributed by atoms with Crippen molar-refractivity contribution in [2.24, 2.45) is 10.2 Å². The minimum atomic E-state index is -4.12. The molecule has 3 rings (SSSR count). The number of hydrogen-bond donors (Lipinski definition) is 2. The van der Waals surface area contributed by atoms with Gasteiger partial charge in [0.1, 0.15) is 4.90 Å². The molecule has 11 nitrogen and oxygen atoms in total. The summed E-state index contributed by atoms with van der Waals surface area (Å²) in [5.74, 6) is 0.630. The fourth-order valence-corrected chi connectivity index (χ4v) is 2.94. The number of nitrogen functional groups attached to an aromatic ring is 1. The zero-order chi connectivity index (χ0) is 18.2. The van der Waals surface area contributed by atoms with Gasteiger partial charge in [-0.05, 0) is 6.92 Å². The topological polar surface area (TPSA) is 162 Å². The molecule has 0 aliphatic carbocycles. The Labute approximate surface area is 143 Å². The number of nitrogens with two attached hydrogens (primary N) is 2. The van der Waals surface area contributed by atoms with E-state index in [1.165, 1.54) is 10.8 Å². The van der Waals surface area contributed by atoms with Crippen molar-refractivity contribution in [2.75, 3.05) is 17.3 Å². The minimum absolute atomic E-state index is 0.0208. The summed E-state index contributed by atoms with van der Waals surface area (Å²) in [6, 6.07) is 1.11. The zero-order valence-electron chi connectivity index (χ0n) is 13.3. The highest BCUT2D eigenvalue weighted by Crippen LogP contribution is 2.15. The Bertz CT molecular complexity index is 1010. The molecule has 132 valence electrons. The number of hydrogen-bond acceptors (Lipinski definition) is 9. The van der Waals surface area contributed by atoms with Gasteiger partial charge in [-0.25, -0.2) is 18.6 Å². The van der Waals surface area contributed by atoms with Crippen LogP contribution in [0.25, 0.3) is 0 Å². The lowest BCUT2D eigenvalue weighted by atomic mass is 10.3. The minimum Gasteiger partial charge on any atom is -0.368 e. The van der Waals surface area contributed by atoms with Crippen LogP contribution in [0, 0.1) is 0 Å². The van der Waals surface area contributed by atoms with Gasteiger partial charge in [0.25, 0.3) is 5.95 Å². The normalized spacial score (nSPS) is 14.6.